The predicted octanol–water partition coefficient (Wildman–Crippen LogP) is 6.81. The van der Waals surface area contributed by atoms with Crippen LogP contribution in [-0.4, -0.2) is 5.78 Å². The van der Waals surface area contributed by atoms with Crippen LogP contribution in [0.3, 0.4) is 0 Å². The van der Waals surface area contributed by atoms with E-state index in [4.69, 9.17) is 0 Å². The van der Waals surface area contributed by atoms with E-state index in [1.54, 1.807) is 0 Å². The fraction of sp³-hybridized carbons (Fsp3) is 0.480. The number of ketones is 1. The standard InChI is InChI=1S/C25H34O/c1-23(2,3)18-15-19(24(4,5)6)21(20(16-18)25(7,8)9)22(26)17-13-11-10-12-14-17/h10-16H,1-9H3. The van der Waals surface area contributed by atoms with Gasteiger partial charge in [-0.2, -0.15) is 0 Å². The molecule has 0 spiro atoms. The second-order valence-electron chi connectivity index (χ2n) is 10.4. The zero-order valence-electron chi connectivity index (χ0n) is 17.9. The summed E-state index contributed by atoms with van der Waals surface area (Å²) in [5, 5.41) is 0. The molecule has 0 fully saturated rings. The van der Waals surface area contributed by atoms with Gasteiger partial charge >= 0.3 is 0 Å². The Morgan fingerprint density at radius 3 is 1.42 bits per heavy atom. The van der Waals surface area contributed by atoms with Crippen molar-refractivity contribution in [3.8, 4) is 0 Å². The van der Waals surface area contributed by atoms with E-state index in [1.807, 2.05) is 30.3 Å². The first-order chi connectivity index (χ1) is 11.7. The van der Waals surface area contributed by atoms with Gasteiger partial charge in [-0.15, -0.1) is 0 Å². The van der Waals surface area contributed by atoms with Crippen LogP contribution >= 0.6 is 0 Å². The Hall–Kier alpha value is -1.89. The highest BCUT2D eigenvalue weighted by molar-refractivity contribution is 6.11. The Balaban J connectivity index is 2.90. The zero-order valence-corrected chi connectivity index (χ0v) is 17.9. The number of hydrogen-bond donors (Lipinski definition) is 0. The lowest BCUT2D eigenvalue weighted by Gasteiger charge is -2.33. The van der Waals surface area contributed by atoms with Crippen LogP contribution in [0.25, 0.3) is 0 Å². The molecule has 0 saturated carbocycles. The highest BCUT2D eigenvalue weighted by Gasteiger charge is 2.32. The molecule has 1 heteroatoms. The van der Waals surface area contributed by atoms with Gasteiger partial charge in [0.2, 0.25) is 0 Å². The summed E-state index contributed by atoms with van der Waals surface area (Å²) in [6, 6.07) is 14.2. The topological polar surface area (TPSA) is 17.1 Å². The minimum atomic E-state index is -0.110. The van der Waals surface area contributed by atoms with E-state index < -0.39 is 0 Å². The Bertz CT molecular complexity index is 756. The van der Waals surface area contributed by atoms with E-state index >= 15 is 0 Å². The van der Waals surface area contributed by atoms with Gasteiger partial charge in [-0.3, -0.25) is 4.79 Å². The van der Waals surface area contributed by atoms with E-state index in [0.717, 1.165) is 22.3 Å². The van der Waals surface area contributed by atoms with Crippen molar-refractivity contribution in [3.63, 3.8) is 0 Å². The van der Waals surface area contributed by atoms with Gasteiger partial charge in [-0.1, -0.05) is 105 Å². The molecule has 2 rings (SSSR count). The van der Waals surface area contributed by atoms with E-state index in [1.165, 1.54) is 5.56 Å². The number of hydrogen-bond acceptors (Lipinski definition) is 1. The summed E-state index contributed by atoms with van der Waals surface area (Å²) in [5.41, 5.74) is 5.02. The molecule has 0 aromatic heterocycles. The quantitative estimate of drug-likeness (QED) is 0.544. The third-order valence-corrected chi connectivity index (χ3v) is 4.88. The second kappa shape index (κ2) is 6.68. The summed E-state index contributed by atoms with van der Waals surface area (Å²) in [5.74, 6) is 0.126. The van der Waals surface area contributed by atoms with E-state index in [-0.39, 0.29) is 22.0 Å². The molecule has 0 saturated heterocycles. The van der Waals surface area contributed by atoms with Crippen molar-refractivity contribution in [1.29, 1.82) is 0 Å². The molecule has 2 aromatic carbocycles. The molecule has 0 aliphatic heterocycles. The Morgan fingerprint density at radius 2 is 1.08 bits per heavy atom. The first kappa shape index (κ1) is 20.4. The molecule has 0 radical (unpaired) electrons. The number of rotatable bonds is 2. The third-order valence-electron chi connectivity index (χ3n) is 4.88. The molecule has 0 aliphatic rings. The van der Waals surface area contributed by atoms with Crippen molar-refractivity contribution in [1.82, 2.24) is 0 Å². The van der Waals surface area contributed by atoms with Crippen molar-refractivity contribution in [2.75, 3.05) is 0 Å². The predicted molar refractivity (Wildman–Crippen MR) is 112 cm³/mol. The number of benzene rings is 2. The molecular formula is C25H34O. The molecule has 0 unspecified atom stereocenters. The van der Waals surface area contributed by atoms with Crippen molar-refractivity contribution < 1.29 is 4.79 Å². The lowest BCUT2D eigenvalue weighted by Crippen LogP contribution is -2.26. The van der Waals surface area contributed by atoms with Gasteiger partial charge in [0.15, 0.2) is 5.78 Å². The molecule has 0 amide bonds. The zero-order chi connectivity index (χ0) is 19.9. The van der Waals surface area contributed by atoms with Crippen LogP contribution in [0.1, 0.15) is 94.9 Å². The van der Waals surface area contributed by atoms with Gasteiger partial charge in [-0.25, -0.2) is 0 Å². The summed E-state index contributed by atoms with van der Waals surface area (Å²) in [6.07, 6.45) is 0. The number of carbonyl (C=O) groups is 1. The van der Waals surface area contributed by atoms with Crippen LogP contribution in [0.4, 0.5) is 0 Å². The van der Waals surface area contributed by atoms with Crippen LogP contribution in [0, 0.1) is 0 Å². The van der Waals surface area contributed by atoms with Crippen molar-refractivity contribution in [2.24, 2.45) is 0 Å². The molecule has 26 heavy (non-hydrogen) atoms. The normalized spacial score (nSPS) is 13.0. The maximum absolute atomic E-state index is 13.5. The fourth-order valence-electron chi connectivity index (χ4n) is 3.24. The maximum Gasteiger partial charge on any atom is 0.193 e. The lowest BCUT2D eigenvalue weighted by molar-refractivity contribution is 0.103. The molecule has 0 atom stereocenters. The largest absolute Gasteiger partial charge is 0.289 e. The average molecular weight is 351 g/mol. The highest BCUT2D eigenvalue weighted by Crippen LogP contribution is 2.39. The van der Waals surface area contributed by atoms with Crippen LogP contribution < -0.4 is 0 Å². The fourth-order valence-corrected chi connectivity index (χ4v) is 3.24. The third kappa shape index (κ3) is 4.26. The lowest BCUT2D eigenvalue weighted by atomic mass is 9.71. The molecular weight excluding hydrogens is 316 g/mol. The van der Waals surface area contributed by atoms with E-state index in [2.05, 4.69) is 74.4 Å². The smallest absolute Gasteiger partial charge is 0.193 e. The summed E-state index contributed by atoms with van der Waals surface area (Å²) >= 11 is 0. The Labute approximate surface area is 159 Å². The SMILES string of the molecule is CC(C)(C)c1cc(C(C)(C)C)c(C(=O)c2ccccc2)c(C(C)(C)C)c1. The van der Waals surface area contributed by atoms with Gasteiger partial charge in [0.25, 0.3) is 0 Å². The van der Waals surface area contributed by atoms with Crippen LogP contribution in [0.5, 0.6) is 0 Å². The van der Waals surface area contributed by atoms with Gasteiger partial charge in [0.1, 0.15) is 0 Å². The molecule has 0 aliphatic carbocycles. The molecule has 2 aromatic rings. The summed E-state index contributed by atoms with van der Waals surface area (Å²) in [7, 11) is 0. The Morgan fingerprint density at radius 1 is 0.654 bits per heavy atom. The average Bonchev–Trinajstić information content (AvgIpc) is 2.51. The molecule has 1 nitrogen and oxygen atoms in total. The summed E-state index contributed by atoms with van der Waals surface area (Å²) in [6.45, 7) is 19.9. The van der Waals surface area contributed by atoms with E-state index in [9.17, 15) is 4.79 Å². The van der Waals surface area contributed by atoms with Crippen molar-refractivity contribution in [2.45, 2.75) is 78.6 Å². The summed E-state index contributed by atoms with van der Waals surface area (Å²) in [4.78, 5) is 13.5. The minimum Gasteiger partial charge on any atom is -0.289 e. The highest BCUT2D eigenvalue weighted by atomic mass is 16.1. The molecule has 0 N–H and O–H groups in total. The van der Waals surface area contributed by atoms with Gasteiger partial charge in [-0.05, 0) is 32.9 Å². The van der Waals surface area contributed by atoms with Crippen molar-refractivity contribution in [3.05, 3.63) is 70.3 Å². The molecule has 0 bridgehead atoms. The first-order valence-corrected chi connectivity index (χ1v) is 9.52. The second-order valence-corrected chi connectivity index (χ2v) is 10.4. The minimum absolute atomic E-state index is 0.0360. The van der Waals surface area contributed by atoms with Crippen molar-refractivity contribution >= 4 is 5.78 Å². The Kier molecular flexibility index (Phi) is 5.25. The summed E-state index contributed by atoms with van der Waals surface area (Å²) < 4.78 is 0. The van der Waals surface area contributed by atoms with Gasteiger partial charge in [0.05, 0.1) is 0 Å². The van der Waals surface area contributed by atoms with E-state index in [0.29, 0.717) is 0 Å². The van der Waals surface area contributed by atoms with Crippen LogP contribution in [-0.2, 0) is 16.2 Å². The van der Waals surface area contributed by atoms with Gasteiger partial charge in [0, 0.05) is 11.1 Å². The number of carbonyl (C=O) groups excluding carboxylic acids is 1. The van der Waals surface area contributed by atoms with Crippen LogP contribution in [0.15, 0.2) is 42.5 Å². The molecule has 140 valence electrons. The van der Waals surface area contributed by atoms with Gasteiger partial charge < -0.3 is 0 Å². The first-order valence-electron chi connectivity index (χ1n) is 9.52. The molecule has 0 heterocycles. The monoisotopic (exact) mass is 350 g/mol. The maximum atomic E-state index is 13.5. The van der Waals surface area contributed by atoms with Crippen LogP contribution in [0.2, 0.25) is 0 Å².